The van der Waals surface area contributed by atoms with Crippen LogP contribution in [-0.4, -0.2) is 48.4 Å². The van der Waals surface area contributed by atoms with Crippen LogP contribution in [-0.2, 0) is 0 Å². The highest BCUT2D eigenvalue weighted by Crippen LogP contribution is 2.14. The average molecular weight is 266 g/mol. The maximum absolute atomic E-state index is 12.2. The predicted octanol–water partition coefficient (Wildman–Crippen LogP) is 2.55. The van der Waals surface area contributed by atoms with Gasteiger partial charge in [-0.1, -0.05) is 19.9 Å². The van der Waals surface area contributed by atoms with E-state index in [0.29, 0.717) is 0 Å². The van der Waals surface area contributed by atoms with Gasteiger partial charge in [0, 0.05) is 26.2 Å². The van der Waals surface area contributed by atoms with Gasteiger partial charge in [0.1, 0.15) is 0 Å². The van der Waals surface area contributed by atoms with E-state index in [0.717, 1.165) is 37.0 Å². The normalized spacial score (nSPS) is 17.4. The number of nitrogens with zero attached hydrogens (tertiary/aromatic N) is 2. The minimum Gasteiger partial charge on any atom is -0.335 e. The van der Waals surface area contributed by atoms with Gasteiger partial charge < -0.3 is 4.90 Å². The zero-order valence-corrected chi connectivity index (χ0v) is 12.1. The van der Waals surface area contributed by atoms with Crippen LogP contribution in [0, 0.1) is 5.92 Å². The molecule has 1 aliphatic rings. The Balaban J connectivity index is 1.78. The van der Waals surface area contributed by atoms with Crippen molar-refractivity contribution in [1.29, 1.82) is 0 Å². The molecule has 1 aromatic heterocycles. The van der Waals surface area contributed by atoms with Crippen LogP contribution in [0.2, 0.25) is 0 Å². The van der Waals surface area contributed by atoms with Gasteiger partial charge in [-0.25, -0.2) is 0 Å². The van der Waals surface area contributed by atoms with Gasteiger partial charge in [0.25, 0.3) is 5.91 Å². The molecule has 0 aromatic carbocycles. The molecule has 100 valence electrons. The Morgan fingerprint density at radius 1 is 1.33 bits per heavy atom. The summed E-state index contributed by atoms with van der Waals surface area (Å²) < 4.78 is 0. The number of hydrogen-bond donors (Lipinski definition) is 0. The molecular formula is C14H22N2OS. The number of rotatable bonds is 4. The van der Waals surface area contributed by atoms with E-state index in [1.807, 2.05) is 22.4 Å². The van der Waals surface area contributed by atoms with Crippen molar-refractivity contribution >= 4 is 17.2 Å². The van der Waals surface area contributed by atoms with Crippen LogP contribution in [0.5, 0.6) is 0 Å². The first-order chi connectivity index (χ1) is 8.66. The quantitative estimate of drug-likeness (QED) is 0.836. The van der Waals surface area contributed by atoms with Crippen molar-refractivity contribution in [3.05, 3.63) is 22.4 Å². The van der Waals surface area contributed by atoms with Gasteiger partial charge >= 0.3 is 0 Å². The fourth-order valence-electron chi connectivity index (χ4n) is 2.17. The molecule has 1 amide bonds. The molecule has 3 nitrogen and oxygen atoms in total. The van der Waals surface area contributed by atoms with E-state index in [-0.39, 0.29) is 5.91 Å². The molecule has 0 spiro atoms. The molecule has 0 N–H and O–H groups in total. The molecule has 0 radical (unpaired) electrons. The summed E-state index contributed by atoms with van der Waals surface area (Å²) in [6.45, 7) is 9.46. The lowest BCUT2D eigenvalue weighted by molar-refractivity contribution is 0.0636. The first kappa shape index (κ1) is 13.6. The van der Waals surface area contributed by atoms with Crippen LogP contribution in [0.3, 0.4) is 0 Å². The lowest BCUT2D eigenvalue weighted by Crippen LogP contribution is -2.48. The summed E-state index contributed by atoms with van der Waals surface area (Å²) >= 11 is 1.53. The van der Waals surface area contributed by atoms with Gasteiger partial charge in [-0.15, -0.1) is 11.3 Å². The molecule has 1 saturated heterocycles. The summed E-state index contributed by atoms with van der Waals surface area (Å²) in [5, 5.41) is 1.96. The van der Waals surface area contributed by atoms with Crippen molar-refractivity contribution in [2.75, 3.05) is 32.7 Å². The lowest BCUT2D eigenvalue weighted by Gasteiger charge is -2.34. The fourth-order valence-corrected chi connectivity index (χ4v) is 2.86. The van der Waals surface area contributed by atoms with Gasteiger partial charge in [-0.3, -0.25) is 9.69 Å². The molecule has 0 bridgehead atoms. The fraction of sp³-hybridized carbons (Fsp3) is 0.643. The molecule has 4 heteroatoms. The Morgan fingerprint density at radius 2 is 2.06 bits per heavy atom. The number of amides is 1. The maximum Gasteiger partial charge on any atom is 0.264 e. The van der Waals surface area contributed by atoms with Gasteiger partial charge in [0.05, 0.1) is 4.88 Å². The second-order valence-corrected chi connectivity index (χ2v) is 6.24. The van der Waals surface area contributed by atoms with Crippen molar-refractivity contribution in [3.63, 3.8) is 0 Å². The third-order valence-corrected chi connectivity index (χ3v) is 4.27. The molecule has 1 fully saturated rings. The second kappa shape index (κ2) is 6.34. The van der Waals surface area contributed by atoms with Crippen molar-refractivity contribution in [2.45, 2.75) is 20.3 Å². The van der Waals surface area contributed by atoms with Crippen molar-refractivity contribution in [1.82, 2.24) is 9.80 Å². The SMILES string of the molecule is CC(C)CCN1CCN(C(=O)c2cccs2)CC1. The Labute approximate surface area is 113 Å². The summed E-state index contributed by atoms with van der Waals surface area (Å²) in [5.41, 5.74) is 0. The van der Waals surface area contributed by atoms with E-state index < -0.39 is 0 Å². The van der Waals surface area contributed by atoms with E-state index >= 15 is 0 Å². The molecular weight excluding hydrogens is 244 g/mol. The molecule has 0 unspecified atom stereocenters. The maximum atomic E-state index is 12.2. The van der Waals surface area contributed by atoms with Gasteiger partial charge in [0.15, 0.2) is 0 Å². The van der Waals surface area contributed by atoms with Gasteiger partial charge in [0.2, 0.25) is 0 Å². The van der Waals surface area contributed by atoms with E-state index in [4.69, 9.17) is 0 Å². The second-order valence-electron chi connectivity index (χ2n) is 5.29. The first-order valence-electron chi connectivity index (χ1n) is 6.72. The third-order valence-electron chi connectivity index (χ3n) is 3.41. The smallest absolute Gasteiger partial charge is 0.264 e. The Hall–Kier alpha value is -0.870. The van der Waals surface area contributed by atoms with Crippen molar-refractivity contribution in [3.8, 4) is 0 Å². The minimum atomic E-state index is 0.202. The Bertz CT molecular complexity index is 367. The monoisotopic (exact) mass is 266 g/mol. The summed E-state index contributed by atoms with van der Waals surface area (Å²) in [4.78, 5) is 17.5. The van der Waals surface area contributed by atoms with E-state index in [1.54, 1.807) is 0 Å². The highest BCUT2D eigenvalue weighted by atomic mass is 32.1. The van der Waals surface area contributed by atoms with Crippen LogP contribution >= 0.6 is 11.3 Å². The van der Waals surface area contributed by atoms with Crippen LogP contribution in [0.1, 0.15) is 29.9 Å². The van der Waals surface area contributed by atoms with Crippen LogP contribution in [0.15, 0.2) is 17.5 Å². The number of piperazine rings is 1. The summed E-state index contributed by atoms with van der Waals surface area (Å²) in [6, 6.07) is 3.86. The molecule has 2 rings (SSSR count). The Morgan fingerprint density at radius 3 is 2.61 bits per heavy atom. The summed E-state index contributed by atoms with van der Waals surface area (Å²) in [7, 11) is 0. The molecule has 0 aliphatic carbocycles. The highest BCUT2D eigenvalue weighted by Gasteiger charge is 2.22. The number of hydrogen-bond acceptors (Lipinski definition) is 3. The van der Waals surface area contributed by atoms with Crippen molar-refractivity contribution in [2.24, 2.45) is 5.92 Å². The Kier molecular flexibility index (Phi) is 4.78. The average Bonchev–Trinajstić information content (AvgIpc) is 2.90. The standard InChI is InChI=1S/C14H22N2OS/c1-12(2)5-6-15-7-9-16(10-8-15)14(17)13-4-3-11-18-13/h3-4,11-12H,5-10H2,1-2H3. The topological polar surface area (TPSA) is 23.6 Å². The van der Waals surface area contributed by atoms with E-state index in [1.165, 1.54) is 24.3 Å². The number of carbonyl (C=O) groups is 1. The van der Waals surface area contributed by atoms with Gasteiger partial charge in [-0.2, -0.15) is 0 Å². The number of carbonyl (C=O) groups excluding carboxylic acids is 1. The third kappa shape index (κ3) is 3.56. The minimum absolute atomic E-state index is 0.202. The lowest BCUT2D eigenvalue weighted by atomic mass is 10.1. The van der Waals surface area contributed by atoms with Crippen LogP contribution in [0.25, 0.3) is 0 Å². The highest BCUT2D eigenvalue weighted by molar-refractivity contribution is 7.12. The molecule has 18 heavy (non-hydrogen) atoms. The predicted molar refractivity (Wildman–Crippen MR) is 76.1 cm³/mol. The van der Waals surface area contributed by atoms with Crippen LogP contribution in [0.4, 0.5) is 0 Å². The van der Waals surface area contributed by atoms with Crippen molar-refractivity contribution < 1.29 is 4.79 Å². The van der Waals surface area contributed by atoms with Gasteiger partial charge in [-0.05, 0) is 30.3 Å². The molecule has 2 heterocycles. The summed E-state index contributed by atoms with van der Waals surface area (Å²) in [5.74, 6) is 0.962. The van der Waals surface area contributed by atoms with E-state index in [2.05, 4.69) is 18.7 Å². The molecule has 0 atom stereocenters. The molecule has 0 saturated carbocycles. The molecule has 1 aromatic rings. The number of thiophene rings is 1. The summed E-state index contributed by atoms with van der Waals surface area (Å²) in [6.07, 6.45) is 1.25. The zero-order valence-electron chi connectivity index (χ0n) is 11.3. The zero-order chi connectivity index (χ0) is 13.0. The van der Waals surface area contributed by atoms with E-state index in [9.17, 15) is 4.79 Å². The van der Waals surface area contributed by atoms with Crippen LogP contribution < -0.4 is 0 Å². The first-order valence-corrected chi connectivity index (χ1v) is 7.60. The largest absolute Gasteiger partial charge is 0.335 e. The molecule has 1 aliphatic heterocycles.